The number of carboxylic acids is 1. The lowest BCUT2D eigenvalue weighted by Gasteiger charge is -2.61. The Morgan fingerprint density at radius 2 is 1.79 bits per heavy atom. The second kappa shape index (κ2) is 7.89. The zero-order valence-electron chi connectivity index (χ0n) is 18.5. The molecule has 0 aromatic heterocycles. The van der Waals surface area contributed by atoms with Gasteiger partial charge in [-0.3, -0.25) is 4.79 Å². The lowest BCUT2D eigenvalue weighted by Crippen LogP contribution is -2.54. The molecule has 4 aliphatic rings. The molecule has 0 spiro atoms. The summed E-state index contributed by atoms with van der Waals surface area (Å²) in [6.45, 7) is 8.00. The highest BCUT2D eigenvalue weighted by Crippen LogP contribution is 2.68. The molecule has 164 valence electrons. The van der Waals surface area contributed by atoms with Crippen LogP contribution in [0.2, 0.25) is 0 Å². The zero-order valence-corrected chi connectivity index (χ0v) is 18.5. The van der Waals surface area contributed by atoms with Crippen LogP contribution in [0.1, 0.15) is 91.4 Å². The van der Waals surface area contributed by atoms with Crippen molar-refractivity contribution >= 4 is 12.4 Å². The largest absolute Gasteiger partial charge is 0.550 e. The Balaban J connectivity index is 1.48. The number of hydrogen-bond donors (Lipinski definition) is 0. The minimum atomic E-state index is -0.902. The summed E-state index contributed by atoms with van der Waals surface area (Å²) in [7, 11) is 0. The number of aliphatic carboxylic acids is 1. The summed E-state index contributed by atoms with van der Waals surface area (Å²) in [6.07, 6.45) is 12.2. The van der Waals surface area contributed by atoms with E-state index in [-0.39, 0.29) is 12.5 Å². The van der Waals surface area contributed by atoms with Crippen LogP contribution in [0.25, 0.3) is 0 Å². The number of carboxylic acid groups (broad SMARTS) is 1. The Labute approximate surface area is 176 Å². The van der Waals surface area contributed by atoms with E-state index in [0.717, 1.165) is 37.0 Å². The molecule has 0 amide bonds. The van der Waals surface area contributed by atoms with Gasteiger partial charge < -0.3 is 14.6 Å². The first-order chi connectivity index (χ1) is 13.8. The summed E-state index contributed by atoms with van der Waals surface area (Å²) in [5.74, 6) is 3.38. The monoisotopic (exact) mass is 403 g/mol. The molecule has 0 heterocycles. The van der Waals surface area contributed by atoms with E-state index in [0.29, 0.717) is 35.1 Å². The summed E-state index contributed by atoms with van der Waals surface area (Å²) in [6, 6.07) is 0. The number of carbonyl (C=O) groups excluding carboxylic acids is 2. The molecule has 4 heteroatoms. The molecule has 9 atom stereocenters. The second-order valence-electron chi connectivity index (χ2n) is 11.4. The maximum atomic E-state index is 11.0. The van der Waals surface area contributed by atoms with Gasteiger partial charge in [-0.1, -0.05) is 20.8 Å². The van der Waals surface area contributed by atoms with E-state index in [4.69, 9.17) is 4.74 Å². The molecule has 4 rings (SSSR count). The highest BCUT2D eigenvalue weighted by Gasteiger charge is 2.60. The average molecular weight is 404 g/mol. The molecule has 0 N–H and O–H groups in total. The van der Waals surface area contributed by atoms with Crippen LogP contribution >= 0.6 is 0 Å². The van der Waals surface area contributed by atoms with Crippen LogP contribution in [0, 0.1) is 46.3 Å². The normalized spacial score (nSPS) is 47.4. The predicted octanol–water partition coefficient (Wildman–Crippen LogP) is 4.35. The van der Waals surface area contributed by atoms with E-state index in [1.165, 1.54) is 44.9 Å². The van der Waals surface area contributed by atoms with Gasteiger partial charge in [0.2, 0.25) is 0 Å². The molecule has 4 saturated carbocycles. The van der Waals surface area contributed by atoms with Gasteiger partial charge in [0.15, 0.2) is 0 Å². The van der Waals surface area contributed by atoms with E-state index in [2.05, 4.69) is 20.8 Å². The molecule has 0 aromatic carbocycles. The van der Waals surface area contributed by atoms with Crippen LogP contribution in [-0.4, -0.2) is 18.5 Å². The molecule has 4 nitrogen and oxygen atoms in total. The highest BCUT2D eigenvalue weighted by atomic mass is 16.5. The third-order valence-electron chi connectivity index (χ3n) is 10.4. The van der Waals surface area contributed by atoms with Crippen LogP contribution in [0.4, 0.5) is 0 Å². The lowest BCUT2D eigenvalue weighted by molar-refractivity contribution is -0.306. The molecule has 0 unspecified atom stereocenters. The first-order valence-corrected chi connectivity index (χ1v) is 12.1. The SMILES string of the molecule is C[C@H](CCC(=O)[O-])[C@H]1CC[C@@H]2[C@H]3CC[C@@H]4C[C@H](OC=O)CC[C@]4(C)[C@@H]3CC[C@@]21C. The molecule has 29 heavy (non-hydrogen) atoms. The molecule has 0 aromatic rings. The van der Waals surface area contributed by atoms with Crippen LogP contribution in [-0.2, 0) is 14.3 Å². The molecular formula is C25H39O4-. The molecule has 4 aliphatic carbocycles. The first kappa shape index (κ1) is 21.2. The lowest BCUT2D eigenvalue weighted by atomic mass is 9.44. The van der Waals surface area contributed by atoms with Gasteiger partial charge in [-0.05, 0) is 117 Å². The molecular weight excluding hydrogens is 364 g/mol. The summed E-state index contributed by atoms with van der Waals surface area (Å²) in [5, 5.41) is 11.0. The minimum Gasteiger partial charge on any atom is -0.550 e. The number of ether oxygens (including phenoxy) is 1. The van der Waals surface area contributed by atoms with Gasteiger partial charge in [-0.2, -0.15) is 0 Å². The van der Waals surface area contributed by atoms with Crippen molar-refractivity contribution in [3.05, 3.63) is 0 Å². The molecule has 0 radical (unpaired) electrons. The number of hydrogen-bond acceptors (Lipinski definition) is 4. The van der Waals surface area contributed by atoms with Crippen LogP contribution in [0.15, 0.2) is 0 Å². The fourth-order valence-electron chi connectivity index (χ4n) is 8.94. The first-order valence-electron chi connectivity index (χ1n) is 12.1. The van der Waals surface area contributed by atoms with Gasteiger partial charge in [0, 0.05) is 5.97 Å². The molecule has 0 aliphatic heterocycles. The number of fused-ring (bicyclic) bond motifs is 5. The highest BCUT2D eigenvalue weighted by molar-refractivity contribution is 5.64. The van der Waals surface area contributed by atoms with Gasteiger partial charge in [-0.25, -0.2) is 0 Å². The third-order valence-corrected chi connectivity index (χ3v) is 10.4. The quantitative estimate of drug-likeness (QED) is 0.618. The van der Waals surface area contributed by atoms with E-state index in [1.807, 2.05) is 0 Å². The van der Waals surface area contributed by atoms with Gasteiger partial charge >= 0.3 is 0 Å². The fraction of sp³-hybridized carbons (Fsp3) is 0.920. The summed E-state index contributed by atoms with van der Waals surface area (Å²) >= 11 is 0. The summed E-state index contributed by atoms with van der Waals surface area (Å²) in [5.41, 5.74) is 0.791. The Bertz CT molecular complexity index is 632. The third kappa shape index (κ3) is 3.53. The standard InChI is InChI=1S/C25H40O4/c1-16(4-9-23(27)28)20-7-8-21-19-6-5-17-14-18(29-15-26)10-12-24(17,2)22(19)11-13-25(20,21)3/h15-22H,4-14H2,1-3H3,(H,27,28)/p-1/t16-,17-,18-,19-,20-,21-,22-,24+,25-/m1/s1. The minimum absolute atomic E-state index is 0.136. The summed E-state index contributed by atoms with van der Waals surface area (Å²) < 4.78 is 5.35. The number of carbonyl (C=O) groups is 2. The van der Waals surface area contributed by atoms with Crippen molar-refractivity contribution < 1.29 is 19.4 Å². The van der Waals surface area contributed by atoms with Gasteiger partial charge in [0.05, 0.1) is 0 Å². The zero-order chi connectivity index (χ0) is 20.8. The van der Waals surface area contributed by atoms with Crippen LogP contribution in [0.5, 0.6) is 0 Å². The number of rotatable bonds is 6. The van der Waals surface area contributed by atoms with Crippen LogP contribution in [0.3, 0.4) is 0 Å². The fourth-order valence-corrected chi connectivity index (χ4v) is 8.94. The van der Waals surface area contributed by atoms with Gasteiger partial charge in [0.25, 0.3) is 6.47 Å². The molecule has 0 saturated heterocycles. The van der Waals surface area contributed by atoms with Crippen LogP contribution < -0.4 is 5.11 Å². The van der Waals surface area contributed by atoms with Crippen molar-refractivity contribution in [3.63, 3.8) is 0 Å². The van der Waals surface area contributed by atoms with E-state index < -0.39 is 5.97 Å². The Hall–Kier alpha value is -1.06. The maximum Gasteiger partial charge on any atom is 0.293 e. The topological polar surface area (TPSA) is 66.4 Å². The van der Waals surface area contributed by atoms with Gasteiger partial charge in [0.1, 0.15) is 6.10 Å². The van der Waals surface area contributed by atoms with Crippen molar-refractivity contribution in [3.8, 4) is 0 Å². The smallest absolute Gasteiger partial charge is 0.293 e. The maximum absolute atomic E-state index is 11.0. The van der Waals surface area contributed by atoms with E-state index in [9.17, 15) is 14.7 Å². The Morgan fingerprint density at radius 3 is 2.52 bits per heavy atom. The van der Waals surface area contributed by atoms with Gasteiger partial charge in [-0.15, -0.1) is 0 Å². The Morgan fingerprint density at radius 1 is 1.07 bits per heavy atom. The van der Waals surface area contributed by atoms with E-state index in [1.54, 1.807) is 0 Å². The van der Waals surface area contributed by atoms with Crippen molar-refractivity contribution in [1.82, 2.24) is 0 Å². The van der Waals surface area contributed by atoms with Crippen molar-refractivity contribution in [2.75, 3.05) is 0 Å². The second-order valence-corrected chi connectivity index (χ2v) is 11.4. The van der Waals surface area contributed by atoms with Crippen molar-refractivity contribution in [2.24, 2.45) is 46.3 Å². The predicted molar refractivity (Wildman–Crippen MR) is 110 cm³/mol. The average Bonchev–Trinajstić information content (AvgIpc) is 3.04. The Kier molecular flexibility index (Phi) is 5.76. The van der Waals surface area contributed by atoms with E-state index >= 15 is 0 Å². The van der Waals surface area contributed by atoms with Crippen molar-refractivity contribution in [1.29, 1.82) is 0 Å². The van der Waals surface area contributed by atoms with Crippen molar-refractivity contribution in [2.45, 2.75) is 97.5 Å². The molecule has 0 bridgehead atoms. The molecule has 4 fully saturated rings. The summed E-state index contributed by atoms with van der Waals surface area (Å²) in [4.78, 5) is 21.8.